The van der Waals surface area contributed by atoms with Crippen molar-refractivity contribution < 1.29 is 0 Å². The van der Waals surface area contributed by atoms with Gasteiger partial charge in [0.25, 0.3) is 0 Å². The summed E-state index contributed by atoms with van der Waals surface area (Å²) in [6, 6.07) is 9.94. The molecule has 0 amide bonds. The lowest BCUT2D eigenvalue weighted by molar-refractivity contribution is 0.630. The quantitative estimate of drug-likeness (QED) is 0.659. The van der Waals surface area contributed by atoms with Crippen LogP contribution in [0.1, 0.15) is 0 Å². The second kappa shape index (κ2) is 4.48. The number of hydrogen-bond acceptors (Lipinski definition) is 4. The Labute approximate surface area is 117 Å². The zero-order valence-electron chi connectivity index (χ0n) is 9.53. The van der Waals surface area contributed by atoms with Crippen LogP contribution in [0.4, 0.5) is 0 Å². The highest BCUT2D eigenvalue weighted by atomic mass is 127. The molecule has 1 aromatic carbocycles. The van der Waals surface area contributed by atoms with Crippen LogP contribution in [0.15, 0.2) is 36.5 Å². The first kappa shape index (κ1) is 11.3. The van der Waals surface area contributed by atoms with E-state index in [0.717, 1.165) is 15.0 Å². The number of aryl methyl sites for hydroxylation is 1. The maximum absolute atomic E-state index is 4.36. The average molecular weight is 352 g/mol. The molecular weight excluding hydrogens is 343 g/mol. The second-order valence-electron chi connectivity index (χ2n) is 3.70. The molecule has 0 saturated carbocycles. The Morgan fingerprint density at radius 2 is 1.94 bits per heavy atom. The molecule has 0 unspecified atom stereocenters. The van der Waals surface area contributed by atoms with Gasteiger partial charge >= 0.3 is 0 Å². The number of rotatable bonds is 2. The van der Waals surface area contributed by atoms with E-state index in [4.69, 9.17) is 0 Å². The highest BCUT2D eigenvalue weighted by molar-refractivity contribution is 14.1. The number of hydrogen-bond donors (Lipinski definition) is 0. The Morgan fingerprint density at radius 3 is 2.61 bits per heavy atom. The van der Waals surface area contributed by atoms with Crippen molar-refractivity contribution >= 4 is 22.6 Å². The number of tetrazole rings is 1. The highest BCUT2D eigenvalue weighted by Crippen LogP contribution is 2.23. The molecule has 0 fully saturated rings. The first-order valence-electron chi connectivity index (χ1n) is 5.29. The minimum Gasteiger partial charge on any atom is -0.227 e. The van der Waals surface area contributed by atoms with Crippen LogP contribution in [0.25, 0.3) is 17.1 Å². The first-order valence-corrected chi connectivity index (χ1v) is 6.37. The van der Waals surface area contributed by atoms with Crippen LogP contribution < -0.4 is 0 Å². The predicted molar refractivity (Wildman–Crippen MR) is 74.1 cm³/mol. The minimum atomic E-state index is 0.587. The van der Waals surface area contributed by atoms with E-state index in [1.807, 2.05) is 35.0 Å². The zero-order chi connectivity index (χ0) is 12.5. The monoisotopic (exact) mass is 352 g/mol. The van der Waals surface area contributed by atoms with Gasteiger partial charge in [0.05, 0.1) is 24.5 Å². The summed E-state index contributed by atoms with van der Waals surface area (Å²) >= 11 is 2.24. The van der Waals surface area contributed by atoms with Gasteiger partial charge < -0.3 is 0 Å². The maximum atomic E-state index is 4.36. The van der Waals surface area contributed by atoms with Crippen LogP contribution in [-0.2, 0) is 7.05 Å². The molecule has 0 aliphatic carbocycles. The summed E-state index contributed by atoms with van der Waals surface area (Å²) in [6.07, 6.45) is 1.76. The van der Waals surface area contributed by atoms with Crippen molar-refractivity contribution in [3.8, 4) is 17.1 Å². The van der Waals surface area contributed by atoms with Crippen molar-refractivity contribution in [3.05, 3.63) is 40.2 Å². The highest BCUT2D eigenvalue weighted by Gasteiger charge is 2.14. The van der Waals surface area contributed by atoms with E-state index in [2.05, 4.69) is 43.1 Å². The fourth-order valence-electron chi connectivity index (χ4n) is 1.62. The summed E-state index contributed by atoms with van der Waals surface area (Å²) in [5.41, 5.74) is 1.89. The van der Waals surface area contributed by atoms with Gasteiger partial charge in [-0.2, -0.15) is 9.90 Å². The summed E-state index contributed by atoms with van der Waals surface area (Å²) in [6.45, 7) is 0. The molecule has 0 aliphatic rings. The van der Waals surface area contributed by atoms with Gasteiger partial charge in [-0.1, -0.05) is 18.2 Å². The summed E-state index contributed by atoms with van der Waals surface area (Å²) in [5.74, 6) is 0.587. The maximum Gasteiger partial charge on any atom is 0.209 e. The molecule has 3 rings (SSSR count). The number of para-hydroxylation sites is 1. The molecular formula is C11H9IN6. The SMILES string of the molecule is Cn1nnc(-c2cnn(-c3ccccc3)c2I)n1. The van der Waals surface area contributed by atoms with Crippen molar-refractivity contribution in [2.75, 3.05) is 0 Å². The topological polar surface area (TPSA) is 61.4 Å². The predicted octanol–water partition coefficient (Wildman–Crippen LogP) is 1.67. The molecule has 0 N–H and O–H groups in total. The molecule has 0 aliphatic heterocycles. The molecule has 0 spiro atoms. The van der Waals surface area contributed by atoms with Crippen LogP contribution in [0.2, 0.25) is 0 Å². The molecule has 2 aromatic heterocycles. The lowest BCUT2D eigenvalue weighted by Crippen LogP contribution is -1.98. The molecule has 0 bridgehead atoms. The first-order chi connectivity index (χ1) is 8.75. The summed E-state index contributed by atoms with van der Waals surface area (Å²) in [7, 11) is 1.74. The fraction of sp³-hybridized carbons (Fsp3) is 0.0909. The van der Waals surface area contributed by atoms with Crippen molar-refractivity contribution in [1.29, 1.82) is 0 Å². The van der Waals surface area contributed by atoms with Crippen molar-refractivity contribution in [3.63, 3.8) is 0 Å². The molecule has 18 heavy (non-hydrogen) atoms. The second-order valence-corrected chi connectivity index (χ2v) is 4.72. The van der Waals surface area contributed by atoms with Crippen LogP contribution in [-0.4, -0.2) is 30.0 Å². The van der Waals surface area contributed by atoms with E-state index in [-0.39, 0.29) is 0 Å². The molecule has 0 atom stereocenters. The molecule has 7 heteroatoms. The summed E-state index contributed by atoms with van der Waals surface area (Å²) in [4.78, 5) is 1.44. The van der Waals surface area contributed by atoms with Crippen LogP contribution >= 0.6 is 22.6 Å². The molecule has 0 saturated heterocycles. The van der Waals surface area contributed by atoms with Crippen LogP contribution in [0, 0.1) is 3.70 Å². The van der Waals surface area contributed by atoms with Gasteiger partial charge in [0.15, 0.2) is 0 Å². The van der Waals surface area contributed by atoms with Crippen LogP contribution in [0.5, 0.6) is 0 Å². The zero-order valence-corrected chi connectivity index (χ0v) is 11.7. The van der Waals surface area contributed by atoms with Gasteiger partial charge in [-0.05, 0) is 39.9 Å². The van der Waals surface area contributed by atoms with Crippen molar-refractivity contribution in [2.24, 2.45) is 7.05 Å². The number of aromatic nitrogens is 6. The van der Waals surface area contributed by atoms with Crippen molar-refractivity contribution in [2.45, 2.75) is 0 Å². The Hall–Kier alpha value is -1.77. The number of benzene rings is 1. The van der Waals surface area contributed by atoms with Gasteiger partial charge in [0.1, 0.15) is 3.70 Å². The van der Waals surface area contributed by atoms with Gasteiger partial charge in [-0.25, -0.2) is 4.68 Å². The molecule has 2 heterocycles. The fourth-order valence-corrected chi connectivity index (χ4v) is 2.41. The van der Waals surface area contributed by atoms with Crippen molar-refractivity contribution in [1.82, 2.24) is 30.0 Å². The van der Waals surface area contributed by atoms with Gasteiger partial charge in [-0.15, -0.1) is 10.2 Å². The Balaban J connectivity index is 2.08. The minimum absolute atomic E-state index is 0.587. The normalized spacial score (nSPS) is 10.8. The van der Waals surface area contributed by atoms with Gasteiger partial charge in [-0.3, -0.25) is 0 Å². The summed E-state index contributed by atoms with van der Waals surface area (Å²) < 4.78 is 2.82. The van der Waals surface area contributed by atoms with E-state index in [9.17, 15) is 0 Å². The average Bonchev–Trinajstić information content (AvgIpc) is 2.97. The lowest BCUT2D eigenvalue weighted by Gasteiger charge is -2.02. The van der Waals surface area contributed by atoms with Gasteiger partial charge in [0, 0.05) is 0 Å². The van der Waals surface area contributed by atoms with E-state index < -0.39 is 0 Å². The third kappa shape index (κ3) is 1.90. The number of nitrogens with zero attached hydrogens (tertiary/aromatic N) is 6. The molecule has 6 nitrogen and oxygen atoms in total. The lowest BCUT2D eigenvalue weighted by atomic mass is 10.3. The Kier molecular flexibility index (Phi) is 2.82. The smallest absolute Gasteiger partial charge is 0.209 e. The summed E-state index contributed by atoms with van der Waals surface area (Å²) in [5, 5.41) is 16.4. The van der Waals surface area contributed by atoms with E-state index >= 15 is 0 Å². The van der Waals surface area contributed by atoms with E-state index in [1.54, 1.807) is 13.2 Å². The molecule has 90 valence electrons. The third-order valence-corrected chi connectivity index (χ3v) is 3.50. The largest absolute Gasteiger partial charge is 0.227 e. The molecule has 0 radical (unpaired) electrons. The number of halogens is 1. The molecule has 3 aromatic rings. The van der Waals surface area contributed by atoms with Gasteiger partial charge in [0.2, 0.25) is 5.82 Å². The Bertz CT molecular complexity index is 672. The Morgan fingerprint density at radius 1 is 1.17 bits per heavy atom. The standard InChI is InChI=1S/C11H9IN6/c1-17-15-11(14-16-17)9-7-13-18(10(9)12)8-5-3-2-4-6-8/h2-7H,1H3. The van der Waals surface area contributed by atoms with Crippen LogP contribution in [0.3, 0.4) is 0 Å². The van der Waals surface area contributed by atoms with E-state index in [1.165, 1.54) is 4.80 Å². The third-order valence-electron chi connectivity index (χ3n) is 2.46. The van der Waals surface area contributed by atoms with E-state index in [0.29, 0.717) is 5.82 Å².